The first kappa shape index (κ1) is 24.2. The predicted octanol–water partition coefficient (Wildman–Crippen LogP) is 3.78. The third-order valence-electron chi connectivity index (χ3n) is 5.64. The quantitative estimate of drug-likeness (QED) is 0.501. The van der Waals surface area contributed by atoms with Gasteiger partial charge in [0.1, 0.15) is 6.61 Å². The van der Waals surface area contributed by atoms with Crippen LogP contribution in [0.4, 0.5) is 13.6 Å². The number of aliphatic carboxylic acids is 1. The molecule has 0 spiro atoms. The molecule has 3 rings (SSSR count). The Morgan fingerprint density at radius 3 is 2.15 bits per heavy atom. The molecule has 1 aliphatic carbocycles. The van der Waals surface area contributed by atoms with Crippen LogP contribution in [0.25, 0.3) is 11.1 Å². The number of carboxylic acids is 1. The molecule has 1 unspecified atom stereocenters. The van der Waals surface area contributed by atoms with Crippen molar-refractivity contribution in [3.05, 3.63) is 59.7 Å². The maximum atomic E-state index is 13.2. The van der Waals surface area contributed by atoms with Gasteiger partial charge in [-0.3, -0.25) is 4.79 Å². The average Bonchev–Trinajstić information content (AvgIpc) is 3.12. The van der Waals surface area contributed by atoms with Crippen molar-refractivity contribution in [2.24, 2.45) is 5.92 Å². The van der Waals surface area contributed by atoms with Crippen LogP contribution in [0.1, 0.15) is 36.8 Å². The lowest BCUT2D eigenvalue weighted by molar-refractivity contribution is -0.164. The van der Waals surface area contributed by atoms with E-state index in [9.17, 15) is 23.2 Å². The number of nitrogens with one attached hydrogen (secondary N) is 2. The zero-order chi connectivity index (χ0) is 24.0. The molecule has 3 N–H and O–H groups in total. The summed E-state index contributed by atoms with van der Waals surface area (Å²) in [6.07, 6.45) is 0.176. The van der Waals surface area contributed by atoms with E-state index in [-0.39, 0.29) is 19.1 Å². The minimum absolute atomic E-state index is 0.106. The second kappa shape index (κ2) is 10.4. The van der Waals surface area contributed by atoms with Crippen molar-refractivity contribution in [2.75, 3.05) is 19.7 Å². The summed E-state index contributed by atoms with van der Waals surface area (Å²) in [5.41, 5.74) is 4.32. The normalized spacial score (nSPS) is 13.5. The number of hydrogen-bond donors (Lipinski definition) is 3. The van der Waals surface area contributed by atoms with Crippen molar-refractivity contribution in [1.82, 2.24) is 10.6 Å². The van der Waals surface area contributed by atoms with Crippen LogP contribution in [0.15, 0.2) is 48.5 Å². The van der Waals surface area contributed by atoms with Crippen LogP contribution >= 0.6 is 0 Å². The zero-order valence-electron chi connectivity index (χ0n) is 18.1. The topological polar surface area (TPSA) is 105 Å². The number of ether oxygens (including phenoxy) is 1. The zero-order valence-corrected chi connectivity index (χ0v) is 18.1. The van der Waals surface area contributed by atoms with Gasteiger partial charge < -0.3 is 20.5 Å². The molecule has 0 radical (unpaired) electrons. The molecule has 1 atom stereocenters. The number of carbonyl (C=O) groups is 3. The summed E-state index contributed by atoms with van der Waals surface area (Å²) in [4.78, 5) is 35.0. The molecule has 2 aromatic carbocycles. The second-order valence-corrected chi connectivity index (χ2v) is 7.92. The molecule has 2 aromatic rings. The Hall–Kier alpha value is -3.49. The van der Waals surface area contributed by atoms with E-state index in [1.165, 1.54) is 0 Å². The van der Waals surface area contributed by atoms with Gasteiger partial charge in [0.25, 0.3) is 0 Å². The summed E-state index contributed by atoms with van der Waals surface area (Å²) >= 11 is 0. The average molecular weight is 460 g/mol. The Morgan fingerprint density at radius 2 is 1.61 bits per heavy atom. The number of halogens is 2. The van der Waals surface area contributed by atoms with Crippen molar-refractivity contribution in [3.8, 4) is 11.1 Å². The molecule has 33 heavy (non-hydrogen) atoms. The van der Waals surface area contributed by atoms with E-state index < -0.39 is 36.4 Å². The first-order chi connectivity index (χ1) is 15.7. The van der Waals surface area contributed by atoms with Crippen molar-refractivity contribution < 1.29 is 33.0 Å². The van der Waals surface area contributed by atoms with Crippen LogP contribution in [0, 0.1) is 5.92 Å². The van der Waals surface area contributed by atoms with Crippen LogP contribution in [-0.4, -0.2) is 48.7 Å². The summed E-state index contributed by atoms with van der Waals surface area (Å²) in [5.74, 6) is -8.04. The minimum atomic E-state index is -4.06. The fourth-order valence-electron chi connectivity index (χ4n) is 3.95. The van der Waals surface area contributed by atoms with Gasteiger partial charge in [0.2, 0.25) is 5.91 Å². The van der Waals surface area contributed by atoms with Crippen molar-refractivity contribution in [2.45, 2.75) is 31.6 Å². The summed E-state index contributed by atoms with van der Waals surface area (Å²) in [5, 5.41) is 12.9. The molecule has 176 valence electrons. The van der Waals surface area contributed by atoms with Gasteiger partial charge in [-0.1, -0.05) is 61.9 Å². The smallest absolute Gasteiger partial charge is 0.407 e. The summed E-state index contributed by atoms with van der Waals surface area (Å²) < 4.78 is 31.9. The number of fused-ring (bicyclic) bond motifs is 3. The molecule has 7 nitrogen and oxygen atoms in total. The maximum absolute atomic E-state index is 13.2. The van der Waals surface area contributed by atoms with Gasteiger partial charge in [0.15, 0.2) is 0 Å². The molecule has 0 bridgehead atoms. The standard InChI is InChI=1S/C24H26F2N2O5/c1-2-7-15(21(29)28-14-24(25,26)22(30)31)12-27-23(32)33-13-20-18-10-5-3-8-16(18)17-9-4-6-11-19(17)20/h3-6,8-11,15,20H,2,7,12-14H2,1H3,(H,27,32)(H,28,29)(H,30,31). The molecule has 0 saturated heterocycles. The van der Waals surface area contributed by atoms with Gasteiger partial charge in [-0.25, -0.2) is 9.59 Å². The number of hydrogen-bond acceptors (Lipinski definition) is 4. The Morgan fingerprint density at radius 1 is 1.03 bits per heavy atom. The lowest BCUT2D eigenvalue weighted by Gasteiger charge is -2.19. The van der Waals surface area contributed by atoms with Gasteiger partial charge >= 0.3 is 18.0 Å². The fourth-order valence-corrected chi connectivity index (χ4v) is 3.95. The van der Waals surface area contributed by atoms with Crippen LogP contribution < -0.4 is 10.6 Å². The number of benzene rings is 2. The lowest BCUT2D eigenvalue weighted by Crippen LogP contribution is -2.46. The van der Waals surface area contributed by atoms with Gasteiger partial charge in [-0.2, -0.15) is 8.78 Å². The molecule has 1 aliphatic rings. The van der Waals surface area contributed by atoms with E-state index in [1.807, 2.05) is 53.8 Å². The van der Waals surface area contributed by atoms with E-state index in [2.05, 4.69) is 5.32 Å². The van der Waals surface area contributed by atoms with Gasteiger partial charge in [-0.05, 0) is 28.7 Å². The Balaban J connectivity index is 1.55. The first-order valence-electron chi connectivity index (χ1n) is 10.7. The summed E-state index contributed by atoms with van der Waals surface area (Å²) in [6, 6.07) is 15.8. The van der Waals surface area contributed by atoms with E-state index in [0.29, 0.717) is 12.8 Å². The van der Waals surface area contributed by atoms with Crippen molar-refractivity contribution in [1.29, 1.82) is 0 Å². The van der Waals surface area contributed by atoms with Gasteiger partial charge in [0, 0.05) is 12.5 Å². The van der Waals surface area contributed by atoms with Crippen LogP contribution in [0.5, 0.6) is 0 Å². The van der Waals surface area contributed by atoms with Crippen LogP contribution in [-0.2, 0) is 14.3 Å². The predicted molar refractivity (Wildman–Crippen MR) is 117 cm³/mol. The Bertz CT molecular complexity index is 982. The number of carboxylic acid groups (broad SMARTS) is 1. The van der Waals surface area contributed by atoms with Gasteiger partial charge in [0.05, 0.1) is 12.5 Å². The van der Waals surface area contributed by atoms with Crippen LogP contribution in [0.3, 0.4) is 0 Å². The summed E-state index contributed by atoms with van der Waals surface area (Å²) in [6.45, 7) is 0.482. The van der Waals surface area contributed by atoms with Crippen molar-refractivity contribution >= 4 is 18.0 Å². The largest absolute Gasteiger partial charge is 0.477 e. The molecule has 0 aliphatic heterocycles. The minimum Gasteiger partial charge on any atom is -0.477 e. The number of alkyl halides is 2. The molecule has 0 saturated carbocycles. The molecule has 9 heteroatoms. The highest BCUT2D eigenvalue weighted by Gasteiger charge is 2.39. The first-order valence-corrected chi connectivity index (χ1v) is 10.7. The molecular formula is C24H26F2N2O5. The highest BCUT2D eigenvalue weighted by molar-refractivity contribution is 5.82. The molecule has 0 aromatic heterocycles. The molecule has 2 amide bonds. The number of alkyl carbamates (subject to hydrolysis) is 1. The third-order valence-corrected chi connectivity index (χ3v) is 5.64. The molecule has 0 heterocycles. The van der Waals surface area contributed by atoms with Crippen molar-refractivity contribution in [3.63, 3.8) is 0 Å². The van der Waals surface area contributed by atoms with E-state index >= 15 is 0 Å². The second-order valence-electron chi connectivity index (χ2n) is 7.92. The number of rotatable bonds is 10. The highest BCUT2D eigenvalue weighted by atomic mass is 19.3. The van der Waals surface area contributed by atoms with Crippen LogP contribution in [0.2, 0.25) is 0 Å². The van der Waals surface area contributed by atoms with E-state index in [4.69, 9.17) is 9.84 Å². The molecule has 0 fully saturated rings. The van der Waals surface area contributed by atoms with E-state index in [1.54, 1.807) is 6.92 Å². The Labute approximate surface area is 190 Å². The Kier molecular flexibility index (Phi) is 7.63. The fraction of sp³-hybridized carbons (Fsp3) is 0.375. The number of amides is 2. The SMILES string of the molecule is CCCC(CNC(=O)OCC1c2ccccc2-c2ccccc21)C(=O)NCC(F)(F)C(=O)O. The molecular weight excluding hydrogens is 434 g/mol. The highest BCUT2D eigenvalue weighted by Crippen LogP contribution is 2.44. The van der Waals surface area contributed by atoms with E-state index in [0.717, 1.165) is 22.3 Å². The lowest BCUT2D eigenvalue weighted by atomic mass is 9.98. The monoisotopic (exact) mass is 460 g/mol. The maximum Gasteiger partial charge on any atom is 0.407 e. The van der Waals surface area contributed by atoms with Gasteiger partial charge in [-0.15, -0.1) is 0 Å². The summed E-state index contributed by atoms with van der Waals surface area (Å²) in [7, 11) is 0. The number of carbonyl (C=O) groups excluding carboxylic acids is 2. The third kappa shape index (κ3) is 5.66.